The first-order valence-corrected chi connectivity index (χ1v) is 4.59. The van der Waals surface area contributed by atoms with Crippen molar-refractivity contribution in [2.45, 2.75) is 4.90 Å². The zero-order chi connectivity index (χ0) is 10.6. The molecular formula is C10H12N2OS. The third kappa shape index (κ3) is 2.88. The van der Waals surface area contributed by atoms with Crippen molar-refractivity contribution in [3.05, 3.63) is 36.3 Å². The fourth-order valence-corrected chi connectivity index (χ4v) is 1.14. The normalized spacial score (nSPS) is 10.5. The monoisotopic (exact) mass is 208 g/mol. The van der Waals surface area contributed by atoms with Crippen LogP contribution in [0.25, 0.3) is 0 Å². The summed E-state index contributed by atoms with van der Waals surface area (Å²) in [4.78, 5) is 17.9. The Hall–Kier alpha value is -1.29. The lowest BCUT2D eigenvalue weighted by atomic mass is 10.2. The van der Waals surface area contributed by atoms with Crippen molar-refractivity contribution >= 4 is 18.4 Å². The molecule has 1 rings (SSSR count). The summed E-state index contributed by atoms with van der Waals surface area (Å²) in [5.41, 5.74) is 0.383. The highest BCUT2D eigenvalue weighted by Crippen LogP contribution is 2.10. The number of hydrogen-bond donors (Lipinski definition) is 1. The number of nitrogens with zero attached hydrogens (tertiary/aromatic N) is 2. The second kappa shape index (κ2) is 4.81. The largest absolute Gasteiger partial charge is 0.383 e. The summed E-state index contributed by atoms with van der Waals surface area (Å²) >= 11 is 4.15. The van der Waals surface area contributed by atoms with E-state index in [1.54, 1.807) is 29.4 Å². The minimum absolute atomic E-state index is 0.135. The van der Waals surface area contributed by atoms with Gasteiger partial charge in [0.2, 0.25) is 5.78 Å². The highest BCUT2D eigenvalue weighted by molar-refractivity contribution is 7.80. The maximum absolute atomic E-state index is 11.5. The first-order chi connectivity index (χ1) is 6.61. The molecule has 0 aliphatic heterocycles. The van der Waals surface area contributed by atoms with E-state index < -0.39 is 0 Å². The number of pyridine rings is 1. The Balaban J connectivity index is 2.85. The molecule has 0 saturated carbocycles. The molecule has 0 fully saturated rings. The van der Waals surface area contributed by atoms with Crippen LogP contribution in [0, 0.1) is 0 Å². The summed E-state index contributed by atoms with van der Waals surface area (Å²) in [5.74, 6) is -0.135. The van der Waals surface area contributed by atoms with Gasteiger partial charge in [-0.15, -0.1) is 12.6 Å². The van der Waals surface area contributed by atoms with E-state index in [0.717, 1.165) is 0 Å². The first kappa shape index (κ1) is 10.8. The molecule has 0 unspecified atom stereocenters. The Morgan fingerprint density at radius 3 is 2.86 bits per heavy atom. The molecule has 14 heavy (non-hydrogen) atoms. The number of thiol groups is 1. The van der Waals surface area contributed by atoms with Crippen molar-refractivity contribution < 1.29 is 4.79 Å². The molecule has 1 aromatic heterocycles. The number of carbonyl (C=O) groups excluding carboxylic acids is 1. The molecule has 0 aliphatic rings. The molecule has 0 aliphatic carbocycles. The molecule has 0 aromatic carbocycles. The van der Waals surface area contributed by atoms with Crippen LogP contribution in [0.4, 0.5) is 0 Å². The number of ketones is 1. The Morgan fingerprint density at radius 1 is 1.57 bits per heavy atom. The third-order valence-corrected chi connectivity index (χ3v) is 1.90. The molecule has 3 nitrogen and oxygen atoms in total. The molecule has 1 aromatic rings. The van der Waals surface area contributed by atoms with Crippen LogP contribution in [0.1, 0.15) is 10.5 Å². The molecule has 74 valence electrons. The molecule has 0 atom stereocenters. The maximum Gasteiger partial charge on any atom is 0.206 e. The highest BCUT2D eigenvalue weighted by atomic mass is 32.1. The van der Waals surface area contributed by atoms with Crippen molar-refractivity contribution in [1.82, 2.24) is 9.88 Å². The van der Waals surface area contributed by atoms with E-state index in [9.17, 15) is 4.79 Å². The van der Waals surface area contributed by atoms with Gasteiger partial charge in [0.15, 0.2) is 0 Å². The van der Waals surface area contributed by atoms with Crippen molar-refractivity contribution in [3.8, 4) is 0 Å². The van der Waals surface area contributed by atoms with Gasteiger partial charge in [0.25, 0.3) is 0 Å². The van der Waals surface area contributed by atoms with Gasteiger partial charge < -0.3 is 4.90 Å². The zero-order valence-corrected chi connectivity index (χ0v) is 9.03. The standard InChI is InChI=1S/C10H12N2OS/c1-12(2)7-5-8(13)10-9(14)4-3-6-11-10/h3-7,14H,1-2H3/b7-5+. The summed E-state index contributed by atoms with van der Waals surface area (Å²) < 4.78 is 0. The molecular weight excluding hydrogens is 196 g/mol. The molecule has 0 radical (unpaired) electrons. The molecule has 0 bridgehead atoms. The summed E-state index contributed by atoms with van der Waals surface area (Å²) in [6, 6.07) is 3.49. The second-order valence-corrected chi connectivity index (χ2v) is 3.50. The third-order valence-electron chi connectivity index (χ3n) is 1.54. The van der Waals surface area contributed by atoms with Crippen LogP contribution in [0.15, 0.2) is 35.5 Å². The number of carbonyl (C=O) groups is 1. The summed E-state index contributed by atoms with van der Waals surface area (Å²) in [7, 11) is 3.70. The lowest BCUT2D eigenvalue weighted by Gasteiger charge is -2.03. The van der Waals surface area contributed by atoms with Crippen LogP contribution >= 0.6 is 12.6 Å². The SMILES string of the molecule is CN(C)/C=C/C(=O)c1ncccc1S. The molecule has 0 saturated heterocycles. The smallest absolute Gasteiger partial charge is 0.206 e. The van der Waals surface area contributed by atoms with Gasteiger partial charge in [-0.1, -0.05) is 0 Å². The van der Waals surface area contributed by atoms with E-state index in [-0.39, 0.29) is 5.78 Å². The molecule has 1 heterocycles. The van der Waals surface area contributed by atoms with Crippen molar-refractivity contribution in [3.63, 3.8) is 0 Å². The van der Waals surface area contributed by atoms with Crippen LogP contribution in [0.5, 0.6) is 0 Å². The van der Waals surface area contributed by atoms with Gasteiger partial charge in [-0.25, -0.2) is 0 Å². The van der Waals surface area contributed by atoms with E-state index in [1.807, 2.05) is 14.1 Å². The quantitative estimate of drug-likeness (QED) is 0.465. The van der Waals surface area contributed by atoms with E-state index in [1.165, 1.54) is 6.08 Å². The topological polar surface area (TPSA) is 33.2 Å². The lowest BCUT2D eigenvalue weighted by Crippen LogP contribution is -2.04. The average Bonchev–Trinajstić information content (AvgIpc) is 2.15. The molecule has 0 spiro atoms. The minimum atomic E-state index is -0.135. The van der Waals surface area contributed by atoms with Crippen LogP contribution < -0.4 is 0 Å². The summed E-state index contributed by atoms with van der Waals surface area (Å²) in [6.45, 7) is 0. The van der Waals surface area contributed by atoms with E-state index in [4.69, 9.17) is 0 Å². The molecule has 4 heteroatoms. The van der Waals surface area contributed by atoms with Crippen LogP contribution in [-0.4, -0.2) is 29.8 Å². The number of rotatable bonds is 3. The lowest BCUT2D eigenvalue weighted by molar-refractivity contribution is 0.103. The summed E-state index contributed by atoms with van der Waals surface area (Å²) in [6.07, 6.45) is 4.74. The Morgan fingerprint density at radius 2 is 2.29 bits per heavy atom. The Labute approximate surface area is 88.9 Å². The van der Waals surface area contributed by atoms with Gasteiger partial charge in [0.1, 0.15) is 5.69 Å². The fraction of sp³-hybridized carbons (Fsp3) is 0.200. The van der Waals surface area contributed by atoms with Gasteiger partial charge in [-0.3, -0.25) is 9.78 Å². The van der Waals surface area contributed by atoms with Gasteiger partial charge in [0, 0.05) is 37.5 Å². The second-order valence-electron chi connectivity index (χ2n) is 3.01. The highest BCUT2D eigenvalue weighted by Gasteiger charge is 2.06. The minimum Gasteiger partial charge on any atom is -0.383 e. The van der Waals surface area contributed by atoms with Crippen molar-refractivity contribution in [2.24, 2.45) is 0 Å². The number of hydrogen-bond acceptors (Lipinski definition) is 4. The zero-order valence-electron chi connectivity index (χ0n) is 8.14. The Kier molecular flexibility index (Phi) is 3.71. The van der Waals surface area contributed by atoms with Gasteiger partial charge in [-0.2, -0.15) is 0 Å². The predicted octanol–water partition coefficient (Wildman–Crippen LogP) is 1.63. The van der Waals surface area contributed by atoms with Crippen LogP contribution in [0.3, 0.4) is 0 Å². The Bertz CT molecular complexity index is 361. The van der Waals surface area contributed by atoms with E-state index >= 15 is 0 Å². The average molecular weight is 208 g/mol. The van der Waals surface area contributed by atoms with Crippen LogP contribution in [-0.2, 0) is 0 Å². The molecule has 0 N–H and O–H groups in total. The number of allylic oxidation sites excluding steroid dienone is 1. The number of aromatic nitrogens is 1. The van der Waals surface area contributed by atoms with Crippen LogP contribution in [0.2, 0.25) is 0 Å². The van der Waals surface area contributed by atoms with Gasteiger partial charge in [0.05, 0.1) is 0 Å². The van der Waals surface area contributed by atoms with Crippen molar-refractivity contribution in [1.29, 1.82) is 0 Å². The maximum atomic E-state index is 11.5. The fourth-order valence-electron chi connectivity index (χ4n) is 0.882. The van der Waals surface area contributed by atoms with Crippen molar-refractivity contribution in [2.75, 3.05) is 14.1 Å². The molecule has 0 amide bonds. The van der Waals surface area contributed by atoms with E-state index in [0.29, 0.717) is 10.6 Å². The van der Waals surface area contributed by atoms with Gasteiger partial charge in [-0.05, 0) is 12.1 Å². The summed E-state index contributed by atoms with van der Waals surface area (Å²) in [5, 5.41) is 0. The van der Waals surface area contributed by atoms with E-state index in [2.05, 4.69) is 17.6 Å². The van der Waals surface area contributed by atoms with Gasteiger partial charge >= 0.3 is 0 Å². The first-order valence-electron chi connectivity index (χ1n) is 4.14. The predicted molar refractivity (Wildman–Crippen MR) is 58.6 cm³/mol.